The molecule has 3 rings (SSSR count). The van der Waals surface area contributed by atoms with Gasteiger partial charge < -0.3 is 15.2 Å². The van der Waals surface area contributed by atoms with Gasteiger partial charge in [0.2, 0.25) is 5.60 Å². The second-order valence-corrected chi connectivity index (χ2v) is 9.51. The molecule has 0 aromatic heterocycles. The van der Waals surface area contributed by atoms with E-state index >= 15 is 0 Å². The van der Waals surface area contributed by atoms with Crippen LogP contribution in [0.2, 0.25) is 0 Å². The van der Waals surface area contributed by atoms with Crippen LogP contribution >= 0.6 is 0 Å². The van der Waals surface area contributed by atoms with Gasteiger partial charge in [0, 0.05) is 24.0 Å². The highest BCUT2D eigenvalue weighted by Gasteiger charge is 2.64. The van der Waals surface area contributed by atoms with Crippen molar-refractivity contribution in [3.8, 4) is 0 Å². The molecule has 160 valence electrons. The Morgan fingerprint density at radius 3 is 2.69 bits per heavy atom. The first-order valence-electron chi connectivity index (χ1n) is 10.9. The molecular formula is C24H35NO4. The van der Waals surface area contributed by atoms with Gasteiger partial charge in [-0.15, -0.1) is 0 Å². The van der Waals surface area contributed by atoms with Crippen LogP contribution in [-0.4, -0.2) is 34.7 Å². The van der Waals surface area contributed by atoms with Gasteiger partial charge in [0.05, 0.1) is 6.10 Å². The minimum Gasteiger partial charge on any atom is -0.444 e. The van der Waals surface area contributed by atoms with E-state index in [0.29, 0.717) is 12.3 Å². The average molecular weight is 402 g/mol. The predicted octanol–water partition coefficient (Wildman–Crippen LogP) is 3.69. The van der Waals surface area contributed by atoms with Crippen LogP contribution in [-0.2, 0) is 14.3 Å². The number of carbonyl (C=O) groups excluding carboxylic acids is 2. The van der Waals surface area contributed by atoms with E-state index in [2.05, 4.69) is 52.1 Å². The zero-order valence-electron chi connectivity index (χ0n) is 18.3. The fraction of sp³-hybridized carbons (Fsp3) is 0.667. The van der Waals surface area contributed by atoms with Crippen molar-refractivity contribution in [2.75, 3.05) is 0 Å². The van der Waals surface area contributed by atoms with Crippen LogP contribution in [0, 0.1) is 23.7 Å². The molecule has 0 bridgehead atoms. The van der Waals surface area contributed by atoms with Crippen molar-refractivity contribution in [3.05, 3.63) is 35.5 Å². The number of hydrogen-bond donors (Lipinski definition) is 2. The molecule has 2 N–H and O–H groups in total. The lowest BCUT2D eigenvalue weighted by Crippen LogP contribution is -2.56. The van der Waals surface area contributed by atoms with Gasteiger partial charge in [0.15, 0.2) is 0 Å². The lowest BCUT2D eigenvalue weighted by Gasteiger charge is -2.45. The molecule has 0 aromatic carbocycles. The van der Waals surface area contributed by atoms with Crippen molar-refractivity contribution >= 4 is 11.9 Å². The Labute approximate surface area is 174 Å². The summed E-state index contributed by atoms with van der Waals surface area (Å²) in [6, 6.07) is -0.0346. The van der Waals surface area contributed by atoms with E-state index in [9.17, 15) is 14.7 Å². The Hall–Kier alpha value is -1.88. The highest BCUT2D eigenvalue weighted by Crippen LogP contribution is 2.50. The molecule has 1 aliphatic carbocycles. The SMILES string of the molecule is CC1=C[C@@H]2/C=C(/C)CCC[C@H](O)/C=C/C(=O)O[C@]23C(=O)N[C@@H](CC(C)C)[C@H]3[C@@H]1C. The van der Waals surface area contributed by atoms with Crippen LogP contribution in [0.4, 0.5) is 0 Å². The summed E-state index contributed by atoms with van der Waals surface area (Å²) in [5.74, 6) is -0.632. The fourth-order valence-corrected chi connectivity index (χ4v) is 5.29. The predicted molar refractivity (Wildman–Crippen MR) is 113 cm³/mol. The maximum Gasteiger partial charge on any atom is 0.331 e. The Kier molecular flexibility index (Phi) is 6.37. The third-order valence-corrected chi connectivity index (χ3v) is 6.78. The first-order valence-corrected chi connectivity index (χ1v) is 10.9. The number of aliphatic hydroxyl groups is 1. The van der Waals surface area contributed by atoms with Crippen LogP contribution in [0.25, 0.3) is 0 Å². The topological polar surface area (TPSA) is 75.6 Å². The third-order valence-electron chi connectivity index (χ3n) is 6.78. The molecule has 0 radical (unpaired) electrons. The van der Waals surface area contributed by atoms with Gasteiger partial charge in [-0.1, -0.05) is 44.1 Å². The molecule has 1 saturated heterocycles. The summed E-state index contributed by atoms with van der Waals surface area (Å²) >= 11 is 0. The van der Waals surface area contributed by atoms with Gasteiger partial charge >= 0.3 is 5.97 Å². The number of nitrogens with one attached hydrogen (secondary N) is 1. The number of esters is 1. The smallest absolute Gasteiger partial charge is 0.331 e. The highest BCUT2D eigenvalue weighted by atomic mass is 16.6. The summed E-state index contributed by atoms with van der Waals surface area (Å²) in [5.41, 5.74) is 1.14. The number of rotatable bonds is 2. The van der Waals surface area contributed by atoms with E-state index < -0.39 is 17.7 Å². The summed E-state index contributed by atoms with van der Waals surface area (Å²) in [6.07, 6.45) is 9.40. The lowest BCUT2D eigenvalue weighted by atomic mass is 9.63. The third kappa shape index (κ3) is 4.20. The normalized spacial score (nSPS) is 41.0. The number of carbonyl (C=O) groups is 2. The van der Waals surface area contributed by atoms with Crippen molar-refractivity contribution in [3.63, 3.8) is 0 Å². The number of hydrogen-bond acceptors (Lipinski definition) is 4. The first kappa shape index (κ1) is 21.8. The van der Waals surface area contributed by atoms with Gasteiger partial charge in [-0.3, -0.25) is 4.79 Å². The van der Waals surface area contributed by atoms with E-state index in [1.165, 1.54) is 17.7 Å². The van der Waals surface area contributed by atoms with Crippen molar-refractivity contribution in [2.24, 2.45) is 23.7 Å². The summed E-state index contributed by atoms with van der Waals surface area (Å²) < 4.78 is 6.04. The Bertz CT molecular complexity index is 750. The molecule has 1 fully saturated rings. The van der Waals surface area contributed by atoms with Gasteiger partial charge in [-0.2, -0.15) is 0 Å². The minimum absolute atomic E-state index is 0.0346. The molecule has 6 atom stereocenters. The first-order chi connectivity index (χ1) is 13.6. The Morgan fingerprint density at radius 2 is 2.00 bits per heavy atom. The fourth-order valence-electron chi connectivity index (χ4n) is 5.29. The molecule has 1 amide bonds. The van der Waals surface area contributed by atoms with Crippen LogP contribution < -0.4 is 5.32 Å². The number of amides is 1. The molecule has 2 aliphatic heterocycles. The van der Waals surface area contributed by atoms with Crippen molar-refractivity contribution in [1.29, 1.82) is 0 Å². The number of ether oxygens (including phenoxy) is 1. The number of allylic oxidation sites excluding steroid dienone is 2. The largest absolute Gasteiger partial charge is 0.444 e. The monoisotopic (exact) mass is 401 g/mol. The van der Waals surface area contributed by atoms with Gasteiger partial charge in [0.1, 0.15) is 0 Å². The van der Waals surface area contributed by atoms with Crippen LogP contribution in [0.5, 0.6) is 0 Å². The zero-order chi connectivity index (χ0) is 21.3. The van der Waals surface area contributed by atoms with Gasteiger partial charge in [0.25, 0.3) is 5.91 Å². The van der Waals surface area contributed by atoms with E-state index in [4.69, 9.17) is 4.74 Å². The van der Waals surface area contributed by atoms with E-state index in [-0.39, 0.29) is 29.7 Å². The maximum atomic E-state index is 13.4. The van der Waals surface area contributed by atoms with Crippen LogP contribution in [0.15, 0.2) is 35.5 Å². The molecule has 3 aliphatic rings. The van der Waals surface area contributed by atoms with E-state index in [0.717, 1.165) is 24.8 Å². The maximum absolute atomic E-state index is 13.4. The quantitative estimate of drug-likeness (QED) is 0.547. The molecule has 29 heavy (non-hydrogen) atoms. The molecule has 1 spiro atoms. The second kappa shape index (κ2) is 8.47. The van der Waals surface area contributed by atoms with Crippen LogP contribution in [0.1, 0.15) is 60.3 Å². The molecule has 2 heterocycles. The summed E-state index contributed by atoms with van der Waals surface area (Å²) in [6.45, 7) is 10.6. The molecule has 0 aromatic rings. The van der Waals surface area contributed by atoms with Crippen molar-refractivity contribution < 1.29 is 19.4 Å². The molecule has 0 unspecified atom stereocenters. The Morgan fingerprint density at radius 1 is 1.28 bits per heavy atom. The van der Waals surface area contributed by atoms with E-state index in [1.54, 1.807) is 0 Å². The molecule has 5 nitrogen and oxygen atoms in total. The molecule has 0 saturated carbocycles. The standard InChI is InChI=1S/C24H35NO4/c1-14(2)11-20-22-17(5)16(4)13-18-12-15(3)7-6-8-19(26)9-10-21(27)29-24(18,22)23(28)25-20/h9-10,12-14,17-20,22,26H,6-8,11H2,1-5H3,(H,25,28)/b10-9+,15-12-/t17-,18+,19+,20+,22-,24-/m1/s1. The van der Waals surface area contributed by atoms with Crippen molar-refractivity contribution in [2.45, 2.75) is 78.0 Å². The van der Waals surface area contributed by atoms with E-state index in [1.807, 2.05) is 0 Å². The number of aliphatic hydroxyl groups excluding tert-OH is 1. The lowest BCUT2D eigenvalue weighted by molar-refractivity contribution is -0.172. The van der Waals surface area contributed by atoms with Gasteiger partial charge in [-0.05, 0) is 57.4 Å². The zero-order valence-corrected chi connectivity index (χ0v) is 18.3. The molecule has 5 heteroatoms. The highest BCUT2D eigenvalue weighted by molar-refractivity contribution is 5.94. The van der Waals surface area contributed by atoms with Crippen LogP contribution in [0.3, 0.4) is 0 Å². The Balaban J connectivity index is 2.13. The summed E-state index contributed by atoms with van der Waals surface area (Å²) in [7, 11) is 0. The van der Waals surface area contributed by atoms with Crippen molar-refractivity contribution in [1.82, 2.24) is 5.32 Å². The second-order valence-electron chi connectivity index (χ2n) is 9.51. The van der Waals surface area contributed by atoms with Gasteiger partial charge in [-0.25, -0.2) is 4.79 Å². The minimum atomic E-state index is -1.24. The summed E-state index contributed by atoms with van der Waals surface area (Å²) in [5, 5.41) is 13.3. The summed E-state index contributed by atoms with van der Waals surface area (Å²) in [4.78, 5) is 26.2. The average Bonchev–Trinajstić information content (AvgIpc) is 2.89. The molecular weight excluding hydrogens is 366 g/mol.